The van der Waals surface area contributed by atoms with E-state index >= 15 is 0 Å². The van der Waals surface area contributed by atoms with Crippen molar-refractivity contribution in [2.24, 2.45) is 5.92 Å². The van der Waals surface area contributed by atoms with Crippen molar-refractivity contribution in [3.05, 3.63) is 28.4 Å². The lowest BCUT2D eigenvalue weighted by Gasteiger charge is -2.27. The Morgan fingerprint density at radius 2 is 2.21 bits per heavy atom. The minimum atomic E-state index is -0.450. The summed E-state index contributed by atoms with van der Waals surface area (Å²) in [4.78, 5) is 24.7. The molecule has 1 atom stereocenters. The number of amides is 2. The number of rotatable bonds is 4. The number of hydrogen-bond donors (Lipinski definition) is 2. The number of nitrogens with one attached hydrogen (secondary N) is 2. The summed E-state index contributed by atoms with van der Waals surface area (Å²) in [5.41, 5.74) is 1.76. The van der Waals surface area contributed by atoms with E-state index in [9.17, 15) is 9.59 Å². The van der Waals surface area contributed by atoms with Gasteiger partial charge in [-0.1, -0.05) is 24.2 Å². The van der Waals surface area contributed by atoms with E-state index in [1.54, 1.807) is 13.8 Å². The smallest absolute Gasteiger partial charge is 0.274 e. The lowest BCUT2D eigenvalue weighted by molar-refractivity contribution is 0.0861. The first-order valence-corrected chi connectivity index (χ1v) is 7.82. The number of nitrogens with zero attached hydrogens (tertiary/aromatic N) is 4. The fourth-order valence-corrected chi connectivity index (χ4v) is 2.67. The molecule has 0 saturated carbocycles. The van der Waals surface area contributed by atoms with Crippen molar-refractivity contribution in [1.29, 1.82) is 0 Å². The van der Waals surface area contributed by atoms with Gasteiger partial charge < -0.3 is 15.2 Å². The van der Waals surface area contributed by atoms with Gasteiger partial charge in [0.05, 0.1) is 18.3 Å². The van der Waals surface area contributed by atoms with Crippen molar-refractivity contribution in [1.82, 2.24) is 30.8 Å². The highest BCUT2D eigenvalue weighted by molar-refractivity contribution is 6.05. The highest BCUT2D eigenvalue weighted by Gasteiger charge is 2.33. The molecule has 2 aromatic heterocycles. The molecule has 0 saturated heterocycles. The quantitative estimate of drug-likeness (QED) is 0.846. The van der Waals surface area contributed by atoms with Crippen molar-refractivity contribution >= 4 is 11.8 Å². The molecular formula is C15H20N6O3. The second kappa shape index (κ2) is 6.06. The predicted octanol–water partition coefficient (Wildman–Crippen LogP) is 0.581. The van der Waals surface area contributed by atoms with E-state index in [4.69, 9.17) is 4.52 Å². The standard InChI is InChI=1S/C15H20N6O3/c1-7(2)11-6-21-13(15(23)17-11)12(18-20-21)14(22)16-5-10-8(3)19-24-9(10)4/h7,11H,5-6H2,1-4H3,(H,16,22)(H,17,23)/t11-/m1/s1. The maximum absolute atomic E-state index is 12.4. The molecule has 0 aromatic carbocycles. The van der Waals surface area contributed by atoms with E-state index in [-0.39, 0.29) is 35.8 Å². The third-order valence-electron chi connectivity index (χ3n) is 4.26. The Labute approximate surface area is 138 Å². The Hall–Kier alpha value is -2.71. The van der Waals surface area contributed by atoms with Gasteiger partial charge in [0.25, 0.3) is 11.8 Å². The molecule has 2 aromatic rings. The Morgan fingerprint density at radius 3 is 2.83 bits per heavy atom. The molecule has 9 heteroatoms. The molecule has 1 aliphatic heterocycles. The van der Waals surface area contributed by atoms with E-state index < -0.39 is 5.91 Å². The first-order valence-electron chi connectivity index (χ1n) is 7.82. The highest BCUT2D eigenvalue weighted by atomic mass is 16.5. The molecule has 0 aliphatic carbocycles. The molecule has 128 valence electrons. The van der Waals surface area contributed by atoms with E-state index in [1.165, 1.54) is 4.68 Å². The van der Waals surface area contributed by atoms with Crippen LogP contribution in [0.5, 0.6) is 0 Å². The average Bonchev–Trinajstić information content (AvgIpc) is 3.09. The molecule has 2 N–H and O–H groups in total. The van der Waals surface area contributed by atoms with Crippen molar-refractivity contribution in [2.75, 3.05) is 0 Å². The number of aromatic nitrogens is 4. The Balaban J connectivity index is 1.77. The predicted molar refractivity (Wildman–Crippen MR) is 83.3 cm³/mol. The number of fused-ring (bicyclic) bond motifs is 1. The number of aryl methyl sites for hydroxylation is 2. The first kappa shape index (κ1) is 16.2. The van der Waals surface area contributed by atoms with Gasteiger partial charge in [0.15, 0.2) is 11.4 Å². The summed E-state index contributed by atoms with van der Waals surface area (Å²) in [5, 5.41) is 17.3. The van der Waals surface area contributed by atoms with E-state index in [0.29, 0.717) is 12.3 Å². The van der Waals surface area contributed by atoms with Crippen molar-refractivity contribution in [3.8, 4) is 0 Å². The van der Waals surface area contributed by atoms with Crippen LogP contribution in [-0.4, -0.2) is 38.0 Å². The third kappa shape index (κ3) is 2.77. The maximum atomic E-state index is 12.4. The van der Waals surface area contributed by atoms with Gasteiger partial charge in [-0.2, -0.15) is 0 Å². The highest BCUT2D eigenvalue weighted by Crippen LogP contribution is 2.16. The van der Waals surface area contributed by atoms with Gasteiger partial charge in [-0.15, -0.1) is 5.10 Å². The molecule has 2 amide bonds. The van der Waals surface area contributed by atoms with Crippen LogP contribution >= 0.6 is 0 Å². The van der Waals surface area contributed by atoms with Crippen LogP contribution in [0.2, 0.25) is 0 Å². The molecule has 0 spiro atoms. The Kier molecular flexibility index (Phi) is 4.08. The van der Waals surface area contributed by atoms with Gasteiger partial charge in [0, 0.05) is 12.1 Å². The van der Waals surface area contributed by atoms with Crippen LogP contribution < -0.4 is 10.6 Å². The SMILES string of the molecule is Cc1noc(C)c1CNC(=O)c1nnn2c1C(=O)N[C@@H](C(C)C)C2. The van der Waals surface area contributed by atoms with Crippen LogP contribution in [0.1, 0.15) is 51.8 Å². The summed E-state index contributed by atoms with van der Waals surface area (Å²) in [7, 11) is 0. The minimum absolute atomic E-state index is 0.0232. The molecule has 0 radical (unpaired) electrons. The molecule has 3 rings (SSSR count). The van der Waals surface area contributed by atoms with Crippen LogP contribution in [0, 0.1) is 19.8 Å². The summed E-state index contributed by atoms with van der Waals surface area (Å²) in [6.07, 6.45) is 0. The average molecular weight is 332 g/mol. The summed E-state index contributed by atoms with van der Waals surface area (Å²) >= 11 is 0. The summed E-state index contributed by atoms with van der Waals surface area (Å²) in [5.74, 6) is 0.139. The van der Waals surface area contributed by atoms with Gasteiger partial charge >= 0.3 is 0 Å². The second-order valence-corrected chi connectivity index (χ2v) is 6.28. The van der Waals surface area contributed by atoms with Crippen LogP contribution in [0.4, 0.5) is 0 Å². The van der Waals surface area contributed by atoms with Crippen LogP contribution in [0.25, 0.3) is 0 Å². The summed E-state index contributed by atoms with van der Waals surface area (Å²) in [6, 6.07) is -0.0232. The third-order valence-corrected chi connectivity index (χ3v) is 4.26. The maximum Gasteiger partial charge on any atom is 0.274 e. The monoisotopic (exact) mass is 332 g/mol. The van der Waals surface area contributed by atoms with E-state index in [0.717, 1.165) is 11.3 Å². The number of carbonyl (C=O) groups excluding carboxylic acids is 2. The zero-order chi connectivity index (χ0) is 17.4. The van der Waals surface area contributed by atoms with Gasteiger partial charge in [-0.3, -0.25) is 9.59 Å². The van der Waals surface area contributed by atoms with Crippen LogP contribution in [0.3, 0.4) is 0 Å². The van der Waals surface area contributed by atoms with Gasteiger partial charge in [0.1, 0.15) is 5.76 Å². The lowest BCUT2D eigenvalue weighted by atomic mass is 10.0. The molecule has 0 fully saturated rings. The number of hydrogen-bond acceptors (Lipinski definition) is 6. The normalized spacial score (nSPS) is 16.9. The zero-order valence-corrected chi connectivity index (χ0v) is 14.1. The Bertz CT molecular complexity index is 772. The van der Waals surface area contributed by atoms with Crippen molar-refractivity contribution in [2.45, 2.75) is 46.8 Å². The van der Waals surface area contributed by atoms with Crippen molar-refractivity contribution in [3.63, 3.8) is 0 Å². The zero-order valence-electron chi connectivity index (χ0n) is 14.1. The first-order chi connectivity index (χ1) is 11.4. The molecule has 0 bridgehead atoms. The summed E-state index contributed by atoms with van der Waals surface area (Å²) < 4.78 is 6.56. The lowest BCUT2D eigenvalue weighted by Crippen LogP contribution is -2.48. The minimum Gasteiger partial charge on any atom is -0.361 e. The van der Waals surface area contributed by atoms with Crippen LogP contribution in [-0.2, 0) is 13.1 Å². The topological polar surface area (TPSA) is 115 Å². The van der Waals surface area contributed by atoms with E-state index in [2.05, 4.69) is 26.1 Å². The molecule has 3 heterocycles. The molecule has 0 unspecified atom stereocenters. The van der Waals surface area contributed by atoms with Gasteiger partial charge in [-0.25, -0.2) is 4.68 Å². The van der Waals surface area contributed by atoms with Crippen LogP contribution in [0.15, 0.2) is 4.52 Å². The molecule has 24 heavy (non-hydrogen) atoms. The van der Waals surface area contributed by atoms with E-state index in [1.807, 2.05) is 13.8 Å². The fraction of sp³-hybridized carbons (Fsp3) is 0.533. The molecule has 9 nitrogen and oxygen atoms in total. The Morgan fingerprint density at radius 1 is 1.46 bits per heavy atom. The fourth-order valence-electron chi connectivity index (χ4n) is 2.67. The molecular weight excluding hydrogens is 312 g/mol. The van der Waals surface area contributed by atoms with Gasteiger partial charge in [-0.05, 0) is 19.8 Å². The van der Waals surface area contributed by atoms with Crippen molar-refractivity contribution < 1.29 is 14.1 Å². The number of carbonyl (C=O) groups is 2. The summed E-state index contributed by atoms with van der Waals surface area (Å²) in [6.45, 7) is 8.37. The second-order valence-electron chi connectivity index (χ2n) is 6.28. The molecule has 1 aliphatic rings. The van der Waals surface area contributed by atoms with Gasteiger partial charge in [0.2, 0.25) is 0 Å². The largest absolute Gasteiger partial charge is 0.361 e.